The maximum absolute atomic E-state index is 13.4. The zero-order chi connectivity index (χ0) is 11.5. The average molecular weight is 222 g/mol. The second-order valence-electron chi connectivity index (χ2n) is 3.42. The first-order valence-electron chi connectivity index (χ1n) is 4.92. The van der Waals surface area contributed by atoms with E-state index in [4.69, 9.17) is 9.47 Å². The highest BCUT2D eigenvalue weighted by Gasteiger charge is 2.23. The molecule has 0 fully saturated rings. The summed E-state index contributed by atoms with van der Waals surface area (Å²) in [7, 11) is 1.47. The van der Waals surface area contributed by atoms with E-state index in [0.717, 1.165) is 0 Å². The Morgan fingerprint density at radius 3 is 3.06 bits per heavy atom. The number of ketones is 1. The minimum absolute atomic E-state index is 0.0343. The number of hydrogen-bond donors (Lipinski definition) is 0. The third kappa shape index (κ3) is 1.78. The third-order valence-corrected chi connectivity index (χ3v) is 2.38. The summed E-state index contributed by atoms with van der Waals surface area (Å²) in [4.78, 5) is 12.0. The van der Waals surface area contributed by atoms with Crippen LogP contribution in [0.3, 0.4) is 0 Å². The lowest BCUT2D eigenvalue weighted by Crippen LogP contribution is -2.02. The monoisotopic (exact) mass is 222 g/mol. The van der Waals surface area contributed by atoms with Crippen molar-refractivity contribution in [3.63, 3.8) is 0 Å². The molecule has 1 aliphatic rings. The molecule has 0 radical (unpaired) electrons. The maximum Gasteiger partial charge on any atom is 0.196 e. The van der Waals surface area contributed by atoms with E-state index in [1.54, 1.807) is 6.07 Å². The SMILES string of the molecule is CO/C=C1/CCOc2c(F)cccc2C1=O. The summed E-state index contributed by atoms with van der Waals surface area (Å²) in [5, 5.41) is 0. The fourth-order valence-electron chi connectivity index (χ4n) is 1.64. The Bertz CT molecular complexity index is 452. The summed E-state index contributed by atoms with van der Waals surface area (Å²) in [6.45, 7) is 0.273. The smallest absolute Gasteiger partial charge is 0.196 e. The fraction of sp³-hybridized carbons (Fsp3) is 0.250. The van der Waals surface area contributed by atoms with Gasteiger partial charge in [0.25, 0.3) is 0 Å². The molecule has 0 aliphatic carbocycles. The fourth-order valence-corrected chi connectivity index (χ4v) is 1.64. The van der Waals surface area contributed by atoms with Gasteiger partial charge in [-0.1, -0.05) is 6.07 Å². The molecule has 1 aromatic rings. The van der Waals surface area contributed by atoms with Gasteiger partial charge in [-0.25, -0.2) is 4.39 Å². The number of ether oxygens (including phenoxy) is 2. The van der Waals surface area contributed by atoms with Crippen molar-refractivity contribution in [1.82, 2.24) is 0 Å². The number of Topliss-reactive ketones (excluding diaryl/α,β-unsaturated/α-hetero) is 1. The van der Waals surface area contributed by atoms with Gasteiger partial charge >= 0.3 is 0 Å². The Hall–Kier alpha value is -1.84. The lowest BCUT2D eigenvalue weighted by Gasteiger charge is -2.05. The van der Waals surface area contributed by atoms with E-state index in [0.29, 0.717) is 12.0 Å². The van der Waals surface area contributed by atoms with Crippen molar-refractivity contribution in [3.05, 3.63) is 41.4 Å². The van der Waals surface area contributed by atoms with Gasteiger partial charge in [-0.05, 0) is 12.1 Å². The van der Waals surface area contributed by atoms with Gasteiger partial charge in [-0.3, -0.25) is 4.79 Å². The average Bonchev–Trinajstić information content (AvgIpc) is 2.43. The van der Waals surface area contributed by atoms with E-state index in [2.05, 4.69) is 0 Å². The molecule has 4 heteroatoms. The maximum atomic E-state index is 13.4. The van der Waals surface area contributed by atoms with Gasteiger partial charge in [0.1, 0.15) is 0 Å². The van der Waals surface area contributed by atoms with Crippen molar-refractivity contribution in [3.8, 4) is 5.75 Å². The number of methoxy groups -OCH3 is 1. The number of benzene rings is 1. The van der Waals surface area contributed by atoms with Crippen LogP contribution in [0.5, 0.6) is 5.75 Å². The van der Waals surface area contributed by atoms with E-state index < -0.39 is 5.82 Å². The minimum Gasteiger partial charge on any atom is -0.504 e. The van der Waals surface area contributed by atoms with E-state index in [1.807, 2.05) is 0 Å². The molecule has 0 saturated carbocycles. The molecular formula is C12H11FO3. The lowest BCUT2D eigenvalue weighted by atomic mass is 10.0. The van der Waals surface area contributed by atoms with Crippen molar-refractivity contribution in [1.29, 1.82) is 0 Å². The molecule has 0 spiro atoms. The zero-order valence-corrected chi connectivity index (χ0v) is 8.83. The number of fused-ring (bicyclic) bond motifs is 1. The Labute approximate surface area is 92.5 Å². The number of halogens is 1. The van der Waals surface area contributed by atoms with Crippen LogP contribution in [0, 0.1) is 5.82 Å². The van der Waals surface area contributed by atoms with Crippen LogP contribution >= 0.6 is 0 Å². The Kier molecular flexibility index (Phi) is 2.90. The summed E-state index contributed by atoms with van der Waals surface area (Å²) in [6.07, 6.45) is 1.80. The van der Waals surface area contributed by atoms with Crippen molar-refractivity contribution in [2.24, 2.45) is 0 Å². The molecule has 1 heterocycles. The predicted octanol–water partition coefficient (Wildman–Crippen LogP) is 2.32. The molecule has 0 saturated heterocycles. The Morgan fingerprint density at radius 1 is 1.50 bits per heavy atom. The molecule has 0 atom stereocenters. The molecule has 0 bridgehead atoms. The van der Waals surface area contributed by atoms with Gasteiger partial charge in [0.15, 0.2) is 17.3 Å². The summed E-state index contributed by atoms with van der Waals surface area (Å²) < 4.78 is 23.5. The standard InChI is InChI=1S/C12H11FO3/c1-15-7-8-5-6-16-12-9(11(8)14)3-2-4-10(12)13/h2-4,7H,5-6H2,1H3/b8-7-. The van der Waals surface area contributed by atoms with Crippen LogP contribution in [0.1, 0.15) is 16.8 Å². The van der Waals surface area contributed by atoms with Gasteiger partial charge in [0, 0.05) is 12.0 Å². The minimum atomic E-state index is -0.510. The van der Waals surface area contributed by atoms with Crippen LogP contribution in [-0.2, 0) is 4.74 Å². The van der Waals surface area contributed by atoms with E-state index in [9.17, 15) is 9.18 Å². The lowest BCUT2D eigenvalue weighted by molar-refractivity contribution is 0.102. The highest BCUT2D eigenvalue weighted by Crippen LogP contribution is 2.29. The molecule has 0 unspecified atom stereocenters. The van der Waals surface area contributed by atoms with Crippen molar-refractivity contribution in [2.75, 3.05) is 13.7 Å². The number of carbonyl (C=O) groups excluding carboxylic acids is 1. The highest BCUT2D eigenvalue weighted by atomic mass is 19.1. The van der Waals surface area contributed by atoms with Gasteiger partial charge in [-0.2, -0.15) is 0 Å². The molecule has 1 aliphatic heterocycles. The summed E-state index contributed by atoms with van der Waals surface area (Å²) in [6, 6.07) is 4.32. The first-order valence-corrected chi connectivity index (χ1v) is 4.92. The third-order valence-electron chi connectivity index (χ3n) is 2.38. The first-order chi connectivity index (χ1) is 7.74. The van der Waals surface area contributed by atoms with Crippen molar-refractivity contribution < 1.29 is 18.7 Å². The predicted molar refractivity (Wildman–Crippen MR) is 55.9 cm³/mol. The van der Waals surface area contributed by atoms with Crippen molar-refractivity contribution in [2.45, 2.75) is 6.42 Å². The molecule has 3 nitrogen and oxygen atoms in total. The molecule has 0 N–H and O–H groups in total. The zero-order valence-electron chi connectivity index (χ0n) is 8.83. The Morgan fingerprint density at radius 2 is 2.31 bits per heavy atom. The first kappa shape index (κ1) is 10.7. The summed E-state index contributed by atoms with van der Waals surface area (Å²) >= 11 is 0. The van der Waals surface area contributed by atoms with Crippen LogP contribution in [0.15, 0.2) is 30.0 Å². The van der Waals surface area contributed by atoms with Gasteiger partial charge in [0.05, 0.1) is 25.5 Å². The van der Waals surface area contributed by atoms with Gasteiger partial charge < -0.3 is 9.47 Å². The summed E-state index contributed by atoms with van der Waals surface area (Å²) in [5.74, 6) is -0.717. The van der Waals surface area contributed by atoms with Crippen LogP contribution < -0.4 is 4.74 Å². The number of rotatable bonds is 1. The molecule has 16 heavy (non-hydrogen) atoms. The van der Waals surface area contributed by atoms with E-state index >= 15 is 0 Å². The highest BCUT2D eigenvalue weighted by molar-refractivity contribution is 6.10. The van der Waals surface area contributed by atoms with E-state index in [-0.39, 0.29) is 23.7 Å². The van der Waals surface area contributed by atoms with Gasteiger partial charge in [0.2, 0.25) is 0 Å². The normalized spacial score (nSPS) is 17.6. The number of hydrogen-bond acceptors (Lipinski definition) is 3. The molecule has 2 rings (SSSR count). The molecule has 1 aromatic carbocycles. The topological polar surface area (TPSA) is 35.5 Å². The second-order valence-corrected chi connectivity index (χ2v) is 3.42. The van der Waals surface area contributed by atoms with Crippen LogP contribution in [0.2, 0.25) is 0 Å². The van der Waals surface area contributed by atoms with Gasteiger partial charge in [-0.15, -0.1) is 0 Å². The molecule has 0 amide bonds. The van der Waals surface area contributed by atoms with E-state index in [1.165, 1.54) is 25.5 Å². The molecule has 0 aromatic heterocycles. The number of para-hydroxylation sites is 1. The van der Waals surface area contributed by atoms with Crippen LogP contribution in [0.4, 0.5) is 4.39 Å². The van der Waals surface area contributed by atoms with Crippen LogP contribution in [-0.4, -0.2) is 19.5 Å². The quantitative estimate of drug-likeness (QED) is 0.540. The largest absolute Gasteiger partial charge is 0.504 e. The number of carbonyl (C=O) groups is 1. The molecular weight excluding hydrogens is 211 g/mol. The second kappa shape index (κ2) is 4.35. The summed E-state index contributed by atoms with van der Waals surface area (Å²) in [5.41, 5.74) is 0.743. The van der Waals surface area contributed by atoms with Crippen LogP contribution in [0.25, 0.3) is 0 Å². The molecule has 84 valence electrons. The Balaban J connectivity index is 2.50. The van der Waals surface area contributed by atoms with Crippen molar-refractivity contribution >= 4 is 5.78 Å².